The number of rotatable bonds is 3. The number of allylic oxidation sites excluding steroid dienone is 2. The smallest absolute Gasteiger partial charge is 0.162 e. The van der Waals surface area contributed by atoms with Gasteiger partial charge in [-0.2, -0.15) is 0 Å². The van der Waals surface area contributed by atoms with Crippen molar-refractivity contribution in [1.82, 2.24) is 0 Å². The van der Waals surface area contributed by atoms with Gasteiger partial charge in [0.1, 0.15) is 0 Å². The Balaban J connectivity index is 2.10. The van der Waals surface area contributed by atoms with Crippen molar-refractivity contribution < 1.29 is 4.79 Å². The summed E-state index contributed by atoms with van der Waals surface area (Å²) < 4.78 is 0. The normalized spacial score (nSPS) is 15.5. The van der Waals surface area contributed by atoms with Gasteiger partial charge in [0.15, 0.2) is 5.78 Å². The molecular formula is C15H17ClO. The Labute approximate surface area is 107 Å². The van der Waals surface area contributed by atoms with Crippen LogP contribution in [0.15, 0.2) is 29.8 Å². The maximum atomic E-state index is 12.1. The summed E-state index contributed by atoms with van der Waals surface area (Å²) in [7, 11) is 0. The van der Waals surface area contributed by atoms with Crippen LogP contribution in [-0.4, -0.2) is 5.78 Å². The fourth-order valence-electron chi connectivity index (χ4n) is 2.17. The van der Waals surface area contributed by atoms with Gasteiger partial charge in [0.25, 0.3) is 0 Å². The summed E-state index contributed by atoms with van der Waals surface area (Å²) in [4.78, 5) is 12.1. The van der Waals surface area contributed by atoms with Crippen molar-refractivity contribution in [3.05, 3.63) is 46.0 Å². The van der Waals surface area contributed by atoms with E-state index in [9.17, 15) is 4.79 Å². The molecule has 0 aliphatic heterocycles. The third kappa shape index (κ3) is 3.19. The van der Waals surface area contributed by atoms with Crippen LogP contribution in [0.5, 0.6) is 0 Å². The maximum Gasteiger partial charge on any atom is 0.162 e. The molecule has 0 saturated heterocycles. The van der Waals surface area contributed by atoms with Crippen LogP contribution in [0, 0.1) is 6.92 Å². The number of ketones is 1. The summed E-state index contributed by atoms with van der Waals surface area (Å²) in [6.45, 7) is 2.00. The van der Waals surface area contributed by atoms with Crippen molar-refractivity contribution in [3.8, 4) is 0 Å². The first kappa shape index (κ1) is 12.4. The Kier molecular flexibility index (Phi) is 4.01. The van der Waals surface area contributed by atoms with Gasteiger partial charge in [-0.15, -0.1) is 0 Å². The first-order valence-electron chi connectivity index (χ1n) is 6.14. The summed E-state index contributed by atoms with van der Waals surface area (Å²) >= 11 is 6.14. The first-order chi connectivity index (χ1) is 8.16. The van der Waals surface area contributed by atoms with Crippen molar-refractivity contribution in [2.75, 3.05) is 0 Å². The van der Waals surface area contributed by atoms with Crippen molar-refractivity contribution >= 4 is 17.4 Å². The Bertz CT molecular complexity index is 460. The molecule has 0 saturated carbocycles. The Morgan fingerprint density at radius 3 is 2.82 bits per heavy atom. The lowest BCUT2D eigenvalue weighted by atomic mass is 9.93. The van der Waals surface area contributed by atoms with Crippen LogP contribution >= 0.6 is 11.6 Å². The van der Waals surface area contributed by atoms with E-state index in [1.165, 1.54) is 6.42 Å². The highest BCUT2D eigenvalue weighted by Crippen LogP contribution is 2.23. The Hall–Kier alpha value is -1.08. The molecule has 0 aromatic heterocycles. The number of carbonyl (C=O) groups is 1. The summed E-state index contributed by atoms with van der Waals surface area (Å²) in [5.74, 6) is 0.232. The minimum atomic E-state index is 0.232. The van der Waals surface area contributed by atoms with Gasteiger partial charge in [-0.05, 0) is 55.4 Å². The summed E-state index contributed by atoms with van der Waals surface area (Å²) in [6.07, 6.45) is 6.85. The fraction of sp³-hybridized carbons (Fsp3) is 0.400. The van der Waals surface area contributed by atoms with Gasteiger partial charge in [-0.1, -0.05) is 29.8 Å². The van der Waals surface area contributed by atoms with Crippen molar-refractivity contribution in [3.63, 3.8) is 0 Å². The molecule has 1 aromatic carbocycles. The molecule has 90 valence electrons. The lowest BCUT2D eigenvalue weighted by Gasteiger charge is -2.12. The van der Waals surface area contributed by atoms with E-state index in [2.05, 4.69) is 6.08 Å². The van der Waals surface area contributed by atoms with Gasteiger partial charge < -0.3 is 0 Å². The second kappa shape index (κ2) is 5.50. The molecule has 1 aliphatic carbocycles. The van der Waals surface area contributed by atoms with Gasteiger partial charge in [0.05, 0.1) is 0 Å². The highest BCUT2D eigenvalue weighted by atomic mass is 35.5. The van der Waals surface area contributed by atoms with Crippen LogP contribution < -0.4 is 0 Å². The zero-order valence-electron chi connectivity index (χ0n) is 10.1. The lowest BCUT2D eigenvalue weighted by Crippen LogP contribution is -2.09. The molecule has 0 radical (unpaired) electrons. The SMILES string of the molecule is Cc1ccc(CC(=O)C2=CCCCC2)c(Cl)c1. The minimum absolute atomic E-state index is 0.232. The molecule has 0 spiro atoms. The summed E-state index contributed by atoms with van der Waals surface area (Å²) in [5.41, 5.74) is 3.06. The van der Waals surface area contributed by atoms with E-state index in [-0.39, 0.29) is 5.78 Å². The molecule has 0 amide bonds. The van der Waals surface area contributed by atoms with Crippen LogP contribution in [0.3, 0.4) is 0 Å². The molecule has 17 heavy (non-hydrogen) atoms. The average molecular weight is 249 g/mol. The third-order valence-corrected chi connectivity index (χ3v) is 3.56. The number of hydrogen-bond donors (Lipinski definition) is 0. The quantitative estimate of drug-likeness (QED) is 0.781. The van der Waals surface area contributed by atoms with Crippen LogP contribution in [0.25, 0.3) is 0 Å². The first-order valence-corrected chi connectivity index (χ1v) is 6.52. The zero-order chi connectivity index (χ0) is 12.3. The number of aryl methyl sites for hydroxylation is 1. The van der Waals surface area contributed by atoms with Crippen molar-refractivity contribution in [1.29, 1.82) is 0 Å². The molecule has 2 rings (SSSR count). The molecule has 0 fully saturated rings. The molecule has 2 heteroatoms. The number of halogens is 1. The average Bonchev–Trinajstić information content (AvgIpc) is 2.34. The zero-order valence-corrected chi connectivity index (χ0v) is 10.9. The number of carbonyl (C=O) groups excluding carboxylic acids is 1. The lowest BCUT2D eigenvalue weighted by molar-refractivity contribution is -0.115. The van der Waals surface area contributed by atoms with Gasteiger partial charge in [-0.3, -0.25) is 4.79 Å². The second-order valence-electron chi connectivity index (χ2n) is 4.67. The van der Waals surface area contributed by atoms with Crippen molar-refractivity contribution in [2.24, 2.45) is 0 Å². The van der Waals surface area contributed by atoms with E-state index in [4.69, 9.17) is 11.6 Å². The van der Waals surface area contributed by atoms with Gasteiger partial charge in [0.2, 0.25) is 0 Å². The van der Waals surface area contributed by atoms with Crippen LogP contribution in [-0.2, 0) is 11.2 Å². The van der Waals surface area contributed by atoms with E-state index >= 15 is 0 Å². The highest BCUT2D eigenvalue weighted by Gasteiger charge is 2.14. The molecule has 0 heterocycles. The standard InChI is InChI=1S/C15H17ClO/c1-11-7-8-13(14(16)9-11)10-15(17)12-5-3-2-4-6-12/h5,7-9H,2-4,6,10H2,1H3. The summed E-state index contributed by atoms with van der Waals surface area (Å²) in [5, 5.41) is 0.703. The topological polar surface area (TPSA) is 17.1 Å². The van der Waals surface area contributed by atoms with Gasteiger partial charge in [0, 0.05) is 11.4 Å². The molecule has 1 nitrogen and oxygen atoms in total. The Morgan fingerprint density at radius 1 is 1.35 bits per heavy atom. The monoisotopic (exact) mass is 248 g/mol. The van der Waals surface area contributed by atoms with Crippen LogP contribution in [0.1, 0.15) is 36.8 Å². The highest BCUT2D eigenvalue weighted by molar-refractivity contribution is 6.31. The van der Waals surface area contributed by atoms with Gasteiger partial charge >= 0.3 is 0 Å². The second-order valence-corrected chi connectivity index (χ2v) is 5.08. The van der Waals surface area contributed by atoms with E-state index < -0.39 is 0 Å². The van der Waals surface area contributed by atoms with E-state index in [0.717, 1.165) is 36.0 Å². The minimum Gasteiger partial charge on any atom is -0.294 e. The molecule has 0 atom stereocenters. The number of benzene rings is 1. The molecule has 1 aromatic rings. The van der Waals surface area contributed by atoms with E-state index in [1.807, 2.05) is 25.1 Å². The van der Waals surface area contributed by atoms with Gasteiger partial charge in [-0.25, -0.2) is 0 Å². The number of hydrogen-bond acceptors (Lipinski definition) is 1. The molecule has 0 bridgehead atoms. The molecule has 0 N–H and O–H groups in total. The molecular weight excluding hydrogens is 232 g/mol. The van der Waals surface area contributed by atoms with Crippen LogP contribution in [0.2, 0.25) is 5.02 Å². The summed E-state index contributed by atoms with van der Waals surface area (Å²) in [6, 6.07) is 5.88. The third-order valence-electron chi connectivity index (χ3n) is 3.21. The van der Waals surface area contributed by atoms with E-state index in [0.29, 0.717) is 11.4 Å². The molecule has 1 aliphatic rings. The predicted molar refractivity (Wildman–Crippen MR) is 71.5 cm³/mol. The van der Waals surface area contributed by atoms with Crippen LogP contribution in [0.4, 0.5) is 0 Å². The molecule has 0 unspecified atom stereocenters. The Morgan fingerprint density at radius 2 is 2.18 bits per heavy atom. The maximum absolute atomic E-state index is 12.1. The fourth-order valence-corrected chi connectivity index (χ4v) is 2.48. The largest absolute Gasteiger partial charge is 0.294 e. The number of Topliss-reactive ketones (excluding diaryl/α,β-unsaturated/α-hetero) is 1. The predicted octanol–water partition coefficient (Wildman–Crippen LogP) is 4.26. The van der Waals surface area contributed by atoms with Crippen molar-refractivity contribution in [2.45, 2.75) is 39.0 Å². The van der Waals surface area contributed by atoms with E-state index in [1.54, 1.807) is 0 Å².